The normalized spacial score (nSPS) is 21.5. The van der Waals surface area contributed by atoms with E-state index in [0.717, 1.165) is 17.1 Å². The summed E-state index contributed by atoms with van der Waals surface area (Å²) in [6.07, 6.45) is 1.18. The molecule has 0 bridgehead atoms. The number of sulfonamides is 1. The highest BCUT2D eigenvalue weighted by atomic mass is 32.2. The van der Waals surface area contributed by atoms with E-state index >= 15 is 0 Å². The monoisotopic (exact) mass is 324 g/mol. The molecule has 2 atom stereocenters. The Morgan fingerprint density at radius 1 is 1.36 bits per heavy atom. The van der Waals surface area contributed by atoms with E-state index in [4.69, 9.17) is 0 Å². The minimum atomic E-state index is -3.25. The van der Waals surface area contributed by atoms with E-state index in [1.807, 2.05) is 24.3 Å². The number of guanidine groups is 1. The summed E-state index contributed by atoms with van der Waals surface area (Å²) < 4.78 is 25.5. The first-order valence-corrected chi connectivity index (χ1v) is 9.05. The molecular formula is C15H24N4O2S. The number of hydrogen-bond acceptors (Lipinski definition) is 3. The molecular weight excluding hydrogens is 300 g/mol. The van der Waals surface area contributed by atoms with Gasteiger partial charge in [0.15, 0.2) is 5.96 Å². The van der Waals surface area contributed by atoms with Crippen LogP contribution in [0.2, 0.25) is 0 Å². The second-order valence-corrected chi connectivity index (χ2v) is 7.60. The maximum Gasteiger partial charge on any atom is 0.215 e. The molecule has 0 aromatic heterocycles. The first-order chi connectivity index (χ1) is 10.4. The number of aliphatic imine (C=N–C) groups is 1. The van der Waals surface area contributed by atoms with E-state index in [2.05, 4.69) is 27.3 Å². The molecule has 2 rings (SSSR count). The molecule has 122 valence electrons. The standard InChI is InChI=1S/C15H24N4O2S/c1-11-7-14(11)19-15(16-2)18-9-12-5-4-6-13(8-12)10-22(20,21)17-3/h4-6,8,11,14,17H,7,9-10H2,1-3H3,(H2,16,18,19). The Bertz CT molecular complexity index is 643. The van der Waals surface area contributed by atoms with Gasteiger partial charge < -0.3 is 10.6 Å². The van der Waals surface area contributed by atoms with E-state index < -0.39 is 10.0 Å². The highest BCUT2D eigenvalue weighted by Gasteiger charge is 2.33. The zero-order valence-corrected chi connectivity index (χ0v) is 14.1. The van der Waals surface area contributed by atoms with Gasteiger partial charge in [0.2, 0.25) is 10.0 Å². The molecule has 22 heavy (non-hydrogen) atoms. The van der Waals surface area contributed by atoms with E-state index in [-0.39, 0.29) is 5.75 Å². The number of hydrogen-bond donors (Lipinski definition) is 3. The van der Waals surface area contributed by atoms with Crippen LogP contribution >= 0.6 is 0 Å². The molecule has 1 aromatic rings. The molecule has 6 nitrogen and oxygen atoms in total. The molecule has 0 spiro atoms. The highest BCUT2D eigenvalue weighted by molar-refractivity contribution is 7.88. The summed E-state index contributed by atoms with van der Waals surface area (Å²) in [4.78, 5) is 4.20. The van der Waals surface area contributed by atoms with Gasteiger partial charge in [0, 0.05) is 19.6 Å². The summed E-state index contributed by atoms with van der Waals surface area (Å²) in [6.45, 7) is 2.81. The fourth-order valence-electron chi connectivity index (χ4n) is 2.20. The number of nitrogens with zero attached hydrogens (tertiary/aromatic N) is 1. The third-order valence-electron chi connectivity index (χ3n) is 3.77. The average Bonchev–Trinajstić information content (AvgIpc) is 3.18. The van der Waals surface area contributed by atoms with Crippen LogP contribution < -0.4 is 15.4 Å². The largest absolute Gasteiger partial charge is 0.353 e. The topological polar surface area (TPSA) is 82.6 Å². The van der Waals surface area contributed by atoms with Crippen molar-refractivity contribution in [2.45, 2.75) is 31.7 Å². The van der Waals surface area contributed by atoms with Gasteiger partial charge in [-0.15, -0.1) is 0 Å². The Labute approximate surface area is 132 Å². The lowest BCUT2D eigenvalue weighted by Crippen LogP contribution is -2.38. The number of benzene rings is 1. The summed E-state index contributed by atoms with van der Waals surface area (Å²) >= 11 is 0. The summed E-state index contributed by atoms with van der Waals surface area (Å²) in [5.74, 6) is 1.47. The first-order valence-electron chi connectivity index (χ1n) is 7.39. The third kappa shape index (κ3) is 4.99. The number of rotatable bonds is 6. The Balaban J connectivity index is 1.92. The predicted molar refractivity (Wildman–Crippen MR) is 89.0 cm³/mol. The third-order valence-corrected chi connectivity index (χ3v) is 5.11. The molecule has 0 amide bonds. The molecule has 2 unspecified atom stereocenters. The quantitative estimate of drug-likeness (QED) is 0.534. The second-order valence-electron chi connectivity index (χ2n) is 5.67. The van der Waals surface area contributed by atoms with E-state index in [1.54, 1.807) is 7.05 Å². The maximum atomic E-state index is 11.6. The van der Waals surface area contributed by atoms with Crippen LogP contribution in [0.3, 0.4) is 0 Å². The Hall–Kier alpha value is -1.60. The van der Waals surface area contributed by atoms with Crippen LogP contribution in [0, 0.1) is 5.92 Å². The van der Waals surface area contributed by atoms with Crippen molar-refractivity contribution >= 4 is 16.0 Å². The summed E-state index contributed by atoms with van der Waals surface area (Å²) in [7, 11) is -0.0713. The fraction of sp³-hybridized carbons (Fsp3) is 0.533. The van der Waals surface area contributed by atoms with Crippen LogP contribution in [0.5, 0.6) is 0 Å². The van der Waals surface area contributed by atoms with Crippen molar-refractivity contribution in [2.75, 3.05) is 14.1 Å². The van der Waals surface area contributed by atoms with Crippen molar-refractivity contribution in [1.29, 1.82) is 0 Å². The maximum absolute atomic E-state index is 11.6. The fourth-order valence-corrected chi connectivity index (χ4v) is 2.96. The molecule has 1 fully saturated rings. The molecule has 1 aliphatic carbocycles. The van der Waals surface area contributed by atoms with Crippen molar-refractivity contribution < 1.29 is 8.42 Å². The van der Waals surface area contributed by atoms with Crippen molar-refractivity contribution in [1.82, 2.24) is 15.4 Å². The van der Waals surface area contributed by atoms with Crippen molar-refractivity contribution in [3.05, 3.63) is 35.4 Å². The number of nitrogens with one attached hydrogen (secondary N) is 3. The summed E-state index contributed by atoms with van der Waals surface area (Å²) in [5, 5.41) is 6.61. The smallest absolute Gasteiger partial charge is 0.215 e. The van der Waals surface area contributed by atoms with Crippen LogP contribution in [0.15, 0.2) is 29.3 Å². The van der Waals surface area contributed by atoms with Crippen LogP contribution in [-0.4, -0.2) is 34.5 Å². The molecule has 0 radical (unpaired) electrons. The van der Waals surface area contributed by atoms with Crippen LogP contribution in [-0.2, 0) is 22.3 Å². The first kappa shape index (κ1) is 16.8. The molecule has 0 heterocycles. The van der Waals surface area contributed by atoms with Crippen molar-refractivity contribution in [3.8, 4) is 0 Å². The van der Waals surface area contributed by atoms with Gasteiger partial charge in [0.05, 0.1) is 5.75 Å². The van der Waals surface area contributed by atoms with Gasteiger partial charge in [-0.25, -0.2) is 13.1 Å². The van der Waals surface area contributed by atoms with Crippen molar-refractivity contribution in [3.63, 3.8) is 0 Å². The molecule has 3 N–H and O–H groups in total. The second kappa shape index (κ2) is 7.11. The zero-order chi connectivity index (χ0) is 16.2. The highest BCUT2D eigenvalue weighted by Crippen LogP contribution is 2.28. The van der Waals surface area contributed by atoms with Crippen LogP contribution in [0.4, 0.5) is 0 Å². The molecule has 0 saturated heterocycles. The van der Waals surface area contributed by atoms with Gasteiger partial charge in [-0.2, -0.15) is 0 Å². The van der Waals surface area contributed by atoms with Crippen molar-refractivity contribution in [2.24, 2.45) is 10.9 Å². The van der Waals surface area contributed by atoms with Gasteiger partial charge in [0.25, 0.3) is 0 Å². The minimum absolute atomic E-state index is 0.0100. The van der Waals surface area contributed by atoms with Gasteiger partial charge in [0.1, 0.15) is 0 Å². The van der Waals surface area contributed by atoms with Gasteiger partial charge in [-0.1, -0.05) is 31.2 Å². The molecule has 7 heteroatoms. The van der Waals surface area contributed by atoms with E-state index in [1.165, 1.54) is 13.5 Å². The van der Waals surface area contributed by atoms with Crippen LogP contribution in [0.1, 0.15) is 24.5 Å². The summed E-state index contributed by atoms with van der Waals surface area (Å²) in [6, 6.07) is 8.07. The van der Waals surface area contributed by atoms with Gasteiger partial charge in [-0.05, 0) is 30.5 Å². The minimum Gasteiger partial charge on any atom is -0.353 e. The molecule has 0 aliphatic heterocycles. The van der Waals surface area contributed by atoms with Gasteiger partial charge in [-0.3, -0.25) is 4.99 Å². The Morgan fingerprint density at radius 2 is 2.05 bits per heavy atom. The molecule has 1 saturated carbocycles. The lowest BCUT2D eigenvalue weighted by molar-refractivity contribution is 0.587. The predicted octanol–water partition coefficient (Wildman–Crippen LogP) is 0.809. The average molecular weight is 324 g/mol. The molecule has 1 aliphatic rings. The van der Waals surface area contributed by atoms with Crippen LogP contribution in [0.25, 0.3) is 0 Å². The SMILES string of the molecule is CN=C(NCc1cccc(CS(=O)(=O)NC)c1)NC1CC1C. The zero-order valence-electron chi connectivity index (χ0n) is 13.3. The molecule has 1 aromatic carbocycles. The van der Waals surface area contributed by atoms with E-state index in [0.29, 0.717) is 18.5 Å². The Morgan fingerprint density at radius 3 is 2.64 bits per heavy atom. The summed E-state index contributed by atoms with van der Waals surface area (Å²) in [5.41, 5.74) is 1.79. The van der Waals surface area contributed by atoms with E-state index in [9.17, 15) is 8.42 Å². The lowest BCUT2D eigenvalue weighted by atomic mass is 10.1. The Kier molecular flexibility index (Phi) is 5.42. The lowest BCUT2D eigenvalue weighted by Gasteiger charge is -2.12. The van der Waals surface area contributed by atoms with Gasteiger partial charge >= 0.3 is 0 Å².